The maximum atomic E-state index is 5.79. The molecule has 0 radical (unpaired) electrons. The van der Waals surface area contributed by atoms with Gasteiger partial charge in [-0.25, -0.2) is 4.98 Å². The van der Waals surface area contributed by atoms with Crippen LogP contribution in [0, 0.1) is 0 Å². The fourth-order valence-corrected chi connectivity index (χ4v) is 2.71. The van der Waals surface area contributed by atoms with Gasteiger partial charge >= 0.3 is 0 Å². The molecule has 122 valence electrons. The molecule has 0 atom stereocenters. The van der Waals surface area contributed by atoms with Crippen LogP contribution >= 0.6 is 11.8 Å². The number of hydrogen-bond acceptors (Lipinski definition) is 8. The van der Waals surface area contributed by atoms with Crippen LogP contribution in [0.25, 0.3) is 0 Å². The van der Waals surface area contributed by atoms with E-state index in [1.807, 2.05) is 42.5 Å². The van der Waals surface area contributed by atoms with Crippen LogP contribution in [0.1, 0.15) is 5.82 Å². The molecule has 3 rings (SSSR count). The molecule has 2 aromatic heterocycles. The van der Waals surface area contributed by atoms with E-state index in [-0.39, 0.29) is 5.95 Å². The van der Waals surface area contributed by atoms with Crippen molar-refractivity contribution < 1.29 is 4.74 Å². The first-order valence-corrected chi connectivity index (χ1v) is 8.17. The molecule has 0 amide bonds. The number of pyridine rings is 1. The van der Waals surface area contributed by atoms with Crippen LogP contribution in [0.5, 0.6) is 5.75 Å². The molecule has 0 unspecified atom stereocenters. The summed E-state index contributed by atoms with van der Waals surface area (Å²) in [7, 11) is 1.61. The number of ether oxygens (including phenoxy) is 1. The van der Waals surface area contributed by atoms with Crippen molar-refractivity contribution in [2.24, 2.45) is 0 Å². The highest BCUT2D eigenvalue weighted by molar-refractivity contribution is 7.98. The lowest BCUT2D eigenvalue weighted by Gasteiger charge is -2.10. The molecule has 24 heavy (non-hydrogen) atoms. The lowest BCUT2D eigenvalue weighted by atomic mass is 10.3. The average Bonchev–Trinajstić information content (AvgIpc) is 2.61. The second kappa shape index (κ2) is 7.60. The molecular weight excluding hydrogens is 324 g/mol. The minimum Gasteiger partial charge on any atom is -0.495 e. The van der Waals surface area contributed by atoms with Crippen molar-refractivity contribution in [3.63, 3.8) is 0 Å². The SMILES string of the molecule is COc1ccccc1Nc1nc(N)nc(CSc2ccccn2)n1. The van der Waals surface area contributed by atoms with E-state index in [4.69, 9.17) is 10.5 Å². The van der Waals surface area contributed by atoms with Crippen LogP contribution in [-0.4, -0.2) is 27.0 Å². The summed E-state index contributed by atoms with van der Waals surface area (Å²) in [5.41, 5.74) is 6.55. The summed E-state index contributed by atoms with van der Waals surface area (Å²) in [6.45, 7) is 0. The lowest BCUT2D eigenvalue weighted by molar-refractivity contribution is 0.417. The zero-order valence-corrected chi connectivity index (χ0v) is 13.8. The Morgan fingerprint density at radius 1 is 1.08 bits per heavy atom. The number of nitrogen functional groups attached to an aromatic ring is 1. The number of hydrogen-bond donors (Lipinski definition) is 2. The summed E-state index contributed by atoms with van der Waals surface area (Å²) in [5, 5.41) is 4.01. The van der Waals surface area contributed by atoms with Gasteiger partial charge in [0.25, 0.3) is 0 Å². The number of benzene rings is 1. The number of nitrogens with two attached hydrogens (primary N) is 1. The van der Waals surface area contributed by atoms with Gasteiger partial charge in [-0.05, 0) is 24.3 Å². The van der Waals surface area contributed by atoms with Crippen LogP contribution in [-0.2, 0) is 5.75 Å². The third-order valence-corrected chi connectivity index (χ3v) is 3.98. The van der Waals surface area contributed by atoms with Crippen molar-refractivity contribution in [2.45, 2.75) is 10.8 Å². The van der Waals surface area contributed by atoms with Gasteiger partial charge in [-0.15, -0.1) is 0 Å². The Morgan fingerprint density at radius 2 is 1.92 bits per heavy atom. The summed E-state index contributed by atoms with van der Waals surface area (Å²) < 4.78 is 5.31. The maximum absolute atomic E-state index is 5.79. The molecule has 0 fully saturated rings. The first-order valence-electron chi connectivity index (χ1n) is 7.19. The Morgan fingerprint density at radius 3 is 2.71 bits per heavy atom. The van der Waals surface area contributed by atoms with Crippen molar-refractivity contribution in [1.82, 2.24) is 19.9 Å². The molecule has 3 N–H and O–H groups in total. The first-order chi connectivity index (χ1) is 11.7. The fourth-order valence-electron chi connectivity index (χ4n) is 2.00. The van der Waals surface area contributed by atoms with Crippen molar-refractivity contribution in [1.29, 1.82) is 0 Å². The number of para-hydroxylation sites is 2. The maximum Gasteiger partial charge on any atom is 0.232 e. The number of rotatable bonds is 6. The first kappa shape index (κ1) is 16.0. The predicted octanol–water partition coefficient (Wildman–Crippen LogP) is 2.89. The largest absolute Gasteiger partial charge is 0.495 e. The highest BCUT2D eigenvalue weighted by Gasteiger charge is 2.08. The quantitative estimate of drug-likeness (QED) is 0.661. The topological polar surface area (TPSA) is 98.8 Å². The summed E-state index contributed by atoms with van der Waals surface area (Å²) in [6.07, 6.45) is 1.75. The van der Waals surface area contributed by atoms with E-state index in [0.717, 1.165) is 10.7 Å². The zero-order valence-electron chi connectivity index (χ0n) is 13.0. The molecular formula is C16H16N6OS. The Labute approximate surface area is 143 Å². The third-order valence-electron chi connectivity index (χ3n) is 3.04. The highest BCUT2D eigenvalue weighted by atomic mass is 32.2. The van der Waals surface area contributed by atoms with Gasteiger partial charge in [0.15, 0.2) is 0 Å². The van der Waals surface area contributed by atoms with E-state index in [2.05, 4.69) is 25.3 Å². The number of anilines is 3. The molecule has 0 aliphatic rings. The monoisotopic (exact) mass is 340 g/mol. The van der Waals surface area contributed by atoms with Crippen molar-refractivity contribution >= 4 is 29.3 Å². The van der Waals surface area contributed by atoms with Gasteiger partial charge in [-0.3, -0.25) is 0 Å². The van der Waals surface area contributed by atoms with E-state index >= 15 is 0 Å². The van der Waals surface area contributed by atoms with Crippen LogP contribution in [0.15, 0.2) is 53.7 Å². The standard InChI is InChI=1S/C16H16N6OS/c1-23-12-7-3-2-6-11(12)19-16-21-13(20-15(17)22-16)10-24-14-8-4-5-9-18-14/h2-9H,10H2,1H3,(H3,17,19,20,21,22). The van der Waals surface area contributed by atoms with E-state index in [1.54, 1.807) is 13.3 Å². The molecule has 0 spiro atoms. The van der Waals surface area contributed by atoms with Crippen molar-refractivity contribution in [3.05, 3.63) is 54.5 Å². The van der Waals surface area contributed by atoms with E-state index in [9.17, 15) is 0 Å². The van der Waals surface area contributed by atoms with E-state index in [0.29, 0.717) is 23.3 Å². The van der Waals surface area contributed by atoms with E-state index < -0.39 is 0 Å². The minimum atomic E-state index is 0.166. The molecule has 1 aromatic carbocycles. The van der Waals surface area contributed by atoms with Gasteiger partial charge in [0.05, 0.1) is 23.6 Å². The Hall–Kier alpha value is -2.87. The van der Waals surface area contributed by atoms with Crippen LogP contribution < -0.4 is 15.8 Å². The Balaban J connectivity index is 1.76. The number of nitrogens with one attached hydrogen (secondary N) is 1. The second-order valence-electron chi connectivity index (χ2n) is 4.72. The van der Waals surface area contributed by atoms with Crippen molar-refractivity contribution in [3.8, 4) is 5.75 Å². The molecule has 3 aromatic rings. The number of aromatic nitrogens is 4. The summed E-state index contributed by atoms with van der Waals surface area (Å²) in [4.78, 5) is 17.0. The average molecular weight is 340 g/mol. The number of thioether (sulfide) groups is 1. The van der Waals surface area contributed by atoms with Gasteiger partial charge in [0.1, 0.15) is 11.6 Å². The Bertz CT molecular complexity index is 815. The summed E-state index contributed by atoms with van der Waals surface area (Å²) >= 11 is 1.53. The number of methoxy groups -OCH3 is 1. The van der Waals surface area contributed by atoms with Crippen LogP contribution in [0.4, 0.5) is 17.6 Å². The predicted molar refractivity (Wildman–Crippen MR) is 94.3 cm³/mol. The smallest absolute Gasteiger partial charge is 0.232 e. The highest BCUT2D eigenvalue weighted by Crippen LogP contribution is 2.26. The zero-order chi connectivity index (χ0) is 16.8. The van der Waals surface area contributed by atoms with Crippen LogP contribution in [0.3, 0.4) is 0 Å². The minimum absolute atomic E-state index is 0.166. The van der Waals surface area contributed by atoms with Crippen molar-refractivity contribution in [2.75, 3.05) is 18.2 Å². The van der Waals surface area contributed by atoms with Gasteiger partial charge in [0, 0.05) is 6.20 Å². The second-order valence-corrected chi connectivity index (χ2v) is 5.71. The molecule has 0 saturated carbocycles. The van der Waals surface area contributed by atoms with Gasteiger partial charge in [-0.2, -0.15) is 15.0 Å². The van der Waals surface area contributed by atoms with E-state index in [1.165, 1.54) is 11.8 Å². The molecule has 8 heteroatoms. The summed E-state index contributed by atoms with van der Waals surface area (Å²) in [5.74, 6) is 2.36. The normalized spacial score (nSPS) is 10.4. The molecule has 0 saturated heterocycles. The lowest BCUT2D eigenvalue weighted by Crippen LogP contribution is -2.07. The fraction of sp³-hybridized carbons (Fsp3) is 0.125. The number of nitrogens with zero attached hydrogens (tertiary/aromatic N) is 4. The molecule has 0 aliphatic carbocycles. The summed E-state index contributed by atoms with van der Waals surface area (Å²) in [6, 6.07) is 13.3. The van der Waals surface area contributed by atoms with Gasteiger partial charge in [-0.1, -0.05) is 30.0 Å². The molecule has 2 heterocycles. The van der Waals surface area contributed by atoms with Gasteiger partial charge in [0.2, 0.25) is 11.9 Å². The molecule has 0 bridgehead atoms. The Kier molecular flexibility index (Phi) is 5.07. The van der Waals surface area contributed by atoms with Gasteiger partial charge < -0.3 is 15.8 Å². The molecule has 7 nitrogen and oxygen atoms in total. The van der Waals surface area contributed by atoms with Crippen LogP contribution in [0.2, 0.25) is 0 Å². The molecule has 0 aliphatic heterocycles. The third kappa shape index (κ3) is 4.11.